The fourth-order valence-corrected chi connectivity index (χ4v) is 3.85. The van der Waals surface area contributed by atoms with Crippen molar-refractivity contribution in [2.45, 2.75) is 6.54 Å². The number of fused-ring (bicyclic) bond motifs is 2. The Bertz CT molecular complexity index is 1320. The maximum atomic E-state index is 6.20. The molecule has 1 aromatic heterocycles. The number of hydrogen-bond acceptors (Lipinski definition) is 3. The standard InChI is InChI=1S/C26H22N2O2/c1-29-21-11-6-10-20(18-21)26-27-23-13-4-5-14-24(23)28(26)16-17-30-25-15-7-9-19-8-2-3-12-22(19)25/h2-15,18H,16-17H2,1H3. The van der Waals surface area contributed by atoms with Gasteiger partial charge in [0.15, 0.2) is 0 Å². The molecular weight excluding hydrogens is 372 g/mol. The van der Waals surface area contributed by atoms with Crippen molar-refractivity contribution >= 4 is 21.8 Å². The molecule has 0 aliphatic heterocycles. The van der Waals surface area contributed by atoms with E-state index in [0.29, 0.717) is 13.2 Å². The van der Waals surface area contributed by atoms with Crippen LogP contribution in [0.15, 0.2) is 91.0 Å². The van der Waals surface area contributed by atoms with Crippen LogP contribution >= 0.6 is 0 Å². The molecule has 0 saturated heterocycles. The third-order valence-corrected chi connectivity index (χ3v) is 5.30. The number of para-hydroxylation sites is 2. The SMILES string of the molecule is COc1cccc(-c2nc3ccccc3n2CCOc2cccc3ccccc23)c1. The van der Waals surface area contributed by atoms with E-state index in [0.717, 1.165) is 39.3 Å². The number of methoxy groups -OCH3 is 1. The minimum atomic E-state index is 0.547. The van der Waals surface area contributed by atoms with Crippen LogP contribution in [0.2, 0.25) is 0 Å². The fraction of sp³-hybridized carbons (Fsp3) is 0.115. The van der Waals surface area contributed by atoms with Crippen molar-refractivity contribution in [1.29, 1.82) is 0 Å². The topological polar surface area (TPSA) is 36.3 Å². The van der Waals surface area contributed by atoms with Crippen LogP contribution in [0.1, 0.15) is 0 Å². The Morgan fingerprint density at radius 1 is 0.833 bits per heavy atom. The van der Waals surface area contributed by atoms with E-state index in [9.17, 15) is 0 Å². The molecule has 148 valence electrons. The average Bonchev–Trinajstić information content (AvgIpc) is 3.18. The van der Waals surface area contributed by atoms with Gasteiger partial charge in [0.2, 0.25) is 0 Å². The summed E-state index contributed by atoms with van der Waals surface area (Å²) in [5, 5.41) is 2.31. The summed E-state index contributed by atoms with van der Waals surface area (Å²) in [5.74, 6) is 2.63. The van der Waals surface area contributed by atoms with Crippen molar-refractivity contribution in [3.05, 3.63) is 91.0 Å². The molecule has 0 radical (unpaired) electrons. The Hall–Kier alpha value is -3.79. The van der Waals surface area contributed by atoms with Crippen LogP contribution in [0.4, 0.5) is 0 Å². The molecule has 0 atom stereocenters. The second-order valence-corrected chi connectivity index (χ2v) is 7.13. The van der Waals surface area contributed by atoms with E-state index in [1.54, 1.807) is 7.11 Å². The molecule has 0 saturated carbocycles. The molecule has 0 bridgehead atoms. The minimum absolute atomic E-state index is 0.547. The maximum Gasteiger partial charge on any atom is 0.141 e. The van der Waals surface area contributed by atoms with Gasteiger partial charge in [0, 0.05) is 10.9 Å². The maximum absolute atomic E-state index is 6.20. The third-order valence-electron chi connectivity index (χ3n) is 5.30. The number of aromatic nitrogens is 2. The average molecular weight is 394 g/mol. The first-order chi connectivity index (χ1) is 14.8. The van der Waals surface area contributed by atoms with Gasteiger partial charge in [0.1, 0.15) is 23.9 Å². The molecule has 0 spiro atoms. The van der Waals surface area contributed by atoms with E-state index in [4.69, 9.17) is 14.5 Å². The summed E-state index contributed by atoms with van der Waals surface area (Å²) in [6, 6.07) is 30.7. The molecule has 0 aliphatic rings. The highest BCUT2D eigenvalue weighted by Crippen LogP contribution is 2.28. The summed E-state index contributed by atoms with van der Waals surface area (Å²) >= 11 is 0. The molecular formula is C26H22N2O2. The molecule has 0 N–H and O–H groups in total. The first-order valence-corrected chi connectivity index (χ1v) is 10.0. The van der Waals surface area contributed by atoms with E-state index < -0.39 is 0 Å². The van der Waals surface area contributed by atoms with E-state index in [1.807, 2.05) is 60.7 Å². The normalized spacial score (nSPS) is 11.1. The van der Waals surface area contributed by atoms with Crippen LogP contribution in [0.5, 0.6) is 11.5 Å². The van der Waals surface area contributed by atoms with Crippen LogP contribution in [0, 0.1) is 0 Å². The number of nitrogens with zero attached hydrogens (tertiary/aromatic N) is 2. The molecule has 30 heavy (non-hydrogen) atoms. The highest BCUT2D eigenvalue weighted by atomic mass is 16.5. The smallest absolute Gasteiger partial charge is 0.141 e. The molecule has 5 rings (SSSR count). The van der Waals surface area contributed by atoms with E-state index >= 15 is 0 Å². The van der Waals surface area contributed by atoms with E-state index in [2.05, 4.69) is 34.9 Å². The summed E-state index contributed by atoms with van der Waals surface area (Å²) in [6.45, 7) is 1.24. The van der Waals surface area contributed by atoms with Crippen molar-refractivity contribution in [2.75, 3.05) is 13.7 Å². The number of rotatable bonds is 6. The van der Waals surface area contributed by atoms with Crippen LogP contribution in [-0.2, 0) is 6.54 Å². The second kappa shape index (κ2) is 7.91. The largest absolute Gasteiger partial charge is 0.497 e. The summed E-state index contributed by atoms with van der Waals surface area (Å²) < 4.78 is 13.8. The number of imidazole rings is 1. The Balaban J connectivity index is 1.47. The fourth-order valence-electron chi connectivity index (χ4n) is 3.85. The van der Waals surface area contributed by atoms with Crippen molar-refractivity contribution < 1.29 is 9.47 Å². The van der Waals surface area contributed by atoms with Gasteiger partial charge < -0.3 is 14.0 Å². The number of hydrogen-bond donors (Lipinski definition) is 0. The van der Waals surface area contributed by atoms with E-state index in [1.165, 1.54) is 5.39 Å². The third kappa shape index (κ3) is 3.37. The quantitative estimate of drug-likeness (QED) is 0.357. The molecule has 0 aliphatic carbocycles. The van der Waals surface area contributed by atoms with Gasteiger partial charge in [-0.05, 0) is 35.7 Å². The molecule has 4 heteroatoms. The number of ether oxygens (including phenoxy) is 2. The van der Waals surface area contributed by atoms with Crippen LogP contribution in [0.3, 0.4) is 0 Å². The number of benzene rings is 4. The molecule has 4 aromatic carbocycles. The second-order valence-electron chi connectivity index (χ2n) is 7.13. The highest BCUT2D eigenvalue weighted by Gasteiger charge is 2.13. The van der Waals surface area contributed by atoms with Gasteiger partial charge in [0.05, 0.1) is 24.7 Å². The monoisotopic (exact) mass is 394 g/mol. The van der Waals surface area contributed by atoms with Crippen LogP contribution < -0.4 is 9.47 Å². The van der Waals surface area contributed by atoms with Crippen molar-refractivity contribution in [3.8, 4) is 22.9 Å². The van der Waals surface area contributed by atoms with Crippen molar-refractivity contribution in [1.82, 2.24) is 9.55 Å². The first-order valence-electron chi connectivity index (χ1n) is 10.0. The van der Waals surface area contributed by atoms with E-state index in [-0.39, 0.29) is 0 Å². The Morgan fingerprint density at radius 3 is 2.57 bits per heavy atom. The van der Waals surface area contributed by atoms with Crippen LogP contribution in [0.25, 0.3) is 33.2 Å². The zero-order valence-corrected chi connectivity index (χ0v) is 16.8. The van der Waals surface area contributed by atoms with Gasteiger partial charge >= 0.3 is 0 Å². The molecule has 0 fully saturated rings. The zero-order valence-electron chi connectivity index (χ0n) is 16.8. The Labute approximate surface area is 175 Å². The zero-order chi connectivity index (χ0) is 20.3. The van der Waals surface area contributed by atoms with Crippen molar-refractivity contribution in [3.63, 3.8) is 0 Å². The minimum Gasteiger partial charge on any atom is -0.497 e. The van der Waals surface area contributed by atoms with Gasteiger partial charge in [-0.15, -0.1) is 0 Å². The molecule has 5 aromatic rings. The highest BCUT2D eigenvalue weighted by molar-refractivity contribution is 5.88. The predicted octanol–water partition coefficient (Wildman–Crippen LogP) is 5.94. The first kappa shape index (κ1) is 18.3. The van der Waals surface area contributed by atoms with Gasteiger partial charge in [-0.1, -0.05) is 60.7 Å². The molecule has 0 amide bonds. The molecule has 0 unspecified atom stereocenters. The molecule has 4 nitrogen and oxygen atoms in total. The Kier molecular flexibility index (Phi) is 4.81. The van der Waals surface area contributed by atoms with Gasteiger partial charge in [-0.3, -0.25) is 0 Å². The molecule has 1 heterocycles. The van der Waals surface area contributed by atoms with Crippen LogP contribution in [-0.4, -0.2) is 23.3 Å². The predicted molar refractivity (Wildman–Crippen MR) is 121 cm³/mol. The lowest BCUT2D eigenvalue weighted by molar-refractivity contribution is 0.304. The lowest BCUT2D eigenvalue weighted by atomic mass is 10.1. The van der Waals surface area contributed by atoms with Gasteiger partial charge in [-0.2, -0.15) is 0 Å². The summed E-state index contributed by atoms with van der Waals surface area (Å²) in [7, 11) is 1.68. The lowest BCUT2D eigenvalue weighted by Crippen LogP contribution is -2.09. The van der Waals surface area contributed by atoms with Gasteiger partial charge in [-0.25, -0.2) is 4.98 Å². The summed E-state index contributed by atoms with van der Waals surface area (Å²) in [5.41, 5.74) is 3.09. The van der Waals surface area contributed by atoms with Crippen molar-refractivity contribution in [2.24, 2.45) is 0 Å². The summed E-state index contributed by atoms with van der Waals surface area (Å²) in [4.78, 5) is 4.89. The Morgan fingerprint density at radius 2 is 1.63 bits per heavy atom. The van der Waals surface area contributed by atoms with Gasteiger partial charge in [0.25, 0.3) is 0 Å². The summed E-state index contributed by atoms with van der Waals surface area (Å²) in [6.07, 6.45) is 0. The lowest BCUT2D eigenvalue weighted by Gasteiger charge is -2.13.